The number of aromatic nitrogens is 2. The van der Waals surface area contributed by atoms with Crippen molar-refractivity contribution >= 4 is 23.7 Å². The summed E-state index contributed by atoms with van der Waals surface area (Å²) in [4.78, 5) is 51.7. The molecule has 0 saturated carbocycles. The SMILES string of the molecule is CC(=O)N1CCN(C(=O)CC(=O)N2CCN(c3ncccn3)CC2)CC1. The Labute approximate surface area is 152 Å². The summed E-state index contributed by atoms with van der Waals surface area (Å²) in [6, 6.07) is 1.77. The highest BCUT2D eigenvalue weighted by Crippen LogP contribution is 2.11. The van der Waals surface area contributed by atoms with E-state index in [0.717, 1.165) is 0 Å². The van der Waals surface area contributed by atoms with Gasteiger partial charge in [-0.05, 0) is 6.07 Å². The molecule has 0 aliphatic carbocycles. The molecular weight excluding hydrogens is 336 g/mol. The first kappa shape index (κ1) is 18.1. The van der Waals surface area contributed by atoms with E-state index < -0.39 is 0 Å². The minimum absolute atomic E-state index is 0.0217. The number of amides is 3. The molecule has 2 saturated heterocycles. The predicted octanol–water partition coefficient (Wildman–Crippen LogP) is -0.794. The third-order valence-electron chi connectivity index (χ3n) is 4.85. The summed E-state index contributed by atoms with van der Waals surface area (Å²) < 4.78 is 0. The summed E-state index contributed by atoms with van der Waals surface area (Å²) in [7, 11) is 0. The molecule has 3 amide bonds. The van der Waals surface area contributed by atoms with Gasteiger partial charge in [0.15, 0.2) is 0 Å². The van der Waals surface area contributed by atoms with Gasteiger partial charge in [0.25, 0.3) is 0 Å². The first-order chi connectivity index (χ1) is 12.5. The number of piperazine rings is 2. The van der Waals surface area contributed by atoms with Crippen LogP contribution in [0, 0.1) is 0 Å². The lowest BCUT2D eigenvalue weighted by molar-refractivity contribution is -0.144. The van der Waals surface area contributed by atoms with Crippen molar-refractivity contribution in [3.05, 3.63) is 18.5 Å². The molecule has 2 aliphatic heterocycles. The van der Waals surface area contributed by atoms with Crippen molar-refractivity contribution in [1.82, 2.24) is 24.7 Å². The average molecular weight is 360 g/mol. The van der Waals surface area contributed by atoms with Gasteiger partial charge in [0.1, 0.15) is 6.42 Å². The van der Waals surface area contributed by atoms with E-state index in [9.17, 15) is 14.4 Å². The minimum atomic E-state index is -0.160. The highest BCUT2D eigenvalue weighted by molar-refractivity contribution is 5.97. The normalized spacial score (nSPS) is 18.0. The second kappa shape index (κ2) is 8.11. The van der Waals surface area contributed by atoms with E-state index >= 15 is 0 Å². The van der Waals surface area contributed by atoms with Crippen LogP contribution < -0.4 is 4.90 Å². The molecule has 140 valence electrons. The van der Waals surface area contributed by atoms with E-state index in [0.29, 0.717) is 58.3 Å². The molecule has 0 unspecified atom stereocenters. The van der Waals surface area contributed by atoms with E-state index in [1.807, 2.05) is 4.90 Å². The summed E-state index contributed by atoms with van der Waals surface area (Å²) in [5.74, 6) is 0.386. The van der Waals surface area contributed by atoms with Crippen molar-refractivity contribution in [1.29, 1.82) is 0 Å². The number of carbonyl (C=O) groups excluding carboxylic acids is 3. The Hall–Kier alpha value is -2.71. The largest absolute Gasteiger partial charge is 0.339 e. The van der Waals surface area contributed by atoms with Crippen LogP contribution in [-0.4, -0.2) is 94.7 Å². The Morgan fingerprint density at radius 2 is 1.27 bits per heavy atom. The van der Waals surface area contributed by atoms with Crippen LogP contribution >= 0.6 is 0 Å². The van der Waals surface area contributed by atoms with E-state index in [2.05, 4.69) is 9.97 Å². The fourth-order valence-electron chi connectivity index (χ4n) is 3.23. The molecule has 0 radical (unpaired) electrons. The van der Waals surface area contributed by atoms with Crippen LogP contribution in [0.15, 0.2) is 18.5 Å². The van der Waals surface area contributed by atoms with Crippen LogP contribution in [0.5, 0.6) is 0 Å². The lowest BCUT2D eigenvalue weighted by Gasteiger charge is -2.36. The molecule has 0 aromatic carbocycles. The van der Waals surface area contributed by atoms with Crippen LogP contribution in [0.25, 0.3) is 0 Å². The molecule has 0 bridgehead atoms. The molecule has 9 heteroatoms. The third kappa shape index (κ3) is 4.27. The topological polar surface area (TPSA) is 90.0 Å². The molecule has 2 fully saturated rings. The quantitative estimate of drug-likeness (QED) is 0.656. The van der Waals surface area contributed by atoms with Crippen molar-refractivity contribution < 1.29 is 14.4 Å². The van der Waals surface area contributed by atoms with Gasteiger partial charge in [0, 0.05) is 71.7 Å². The Balaban J connectivity index is 1.44. The van der Waals surface area contributed by atoms with Gasteiger partial charge in [-0.15, -0.1) is 0 Å². The lowest BCUT2D eigenvalue weighted by atomic mass is 10.2. The van der Waals surface area contributed by atoms with E-state index in [1.54, 1.807) is 33.2 Å². The zero-order valence-electron chi connectivity index (χ0n) is 15.0. The van der Waals surface area contributed by atoms with Crippen molar-refractivity contribution in [3.8, 4) is 0 Å². The number of hydrogen-bond acceptors (Lipinski definition) is 6. The van der Waals surface area contributed by atoms with Crippen LogP contribution in [0.3, 0.4) is 0 Å². The zero-order valence-corrected chi connectivity index (χ0v) is 15.0. The molecular formula is C17H24N6O3. The summed E-state index contributed by atoms with van der Waals surface area (Å²) in [6.45, 7) is 6.00. The molecule has 3 rings (SSSR count). The van der Waals surface area contributed by atoms with Crippen molar-refractivity contribution in [3.63, 3.8) is 0 Å². The van der Waals surface area contributed by atoms with Crippen molar-refractivity contribution in [2.45, 2.75) is 13.3 Å². The Bertz CT molecular complexity index is 652. The maximum atomic E-state index is 12.4. The predicted molar refractivity (Wildman–Crippen MR) is 94.3 cm³/mol. The monoisotopic (exact) mass is 360 g/mol. The fraction of sp³-hybridized carbons (Fsp3) is 0.588. The number of carbonyl (C=O) groups is 3. The Kier molecular flexibility index (Phi) is 5.65. The Morgan fingerprint density at radius 3 is 1.77 bits per heavy atom. The number of anilines is 1. The van der Waals surface area contributed by atoms with Gasteiger partial charge in [-0.25, -0.2) is 9.97 Å². The average Bonchev–Trinajstić information content (AvgIpc) is 2.68. The molecule has 0 atom stereocenters. The first-order valence-corrected chi connectivity index (χ1v) is 8.87. The number of nitrogens with zero attached hydrogens (tertiary/aromatic N) is 6. The molecule has 26 heavy (non-hydrogen) atoms. The van der Waals surface area contributed by atoms with Gasteiger partial charge in [0.05, 0.1) is 0 Å². The smallest absolute Gasteiger partial charge is 0.232 e. The molecule has 2 aliphatic rings. The first-order valence-electron chi connectivity index (χ1n) is 8.87. The van der Waals surface area contributed by atoms with Crippen LogP contribution in [-0.2, 0) is 14.4 Å². The standard InChI is InChI=1S/C17H24N6O3/c1-14(24)20-5-7-21(8-6-20)15(25)13-16(26)22-9-11-23(12-10-22)17-18-3-2-4-19-17/h2-4H,5-13H2,1H3. The van der Waals surface area contributed by atoms with Crippen molar-refractivity contribution in [2.75, 3.05) is 57.3 Å². The van der Waals surface area contributed by atoms with Crippen molar-refractivity contribution in [2.24, 2.45) is 0 Å². The summed E-state index contributed by atoms with van der Waals surface area (Å²) in [6.07, 6.45) is 3.29. The fourth-order valence-corrected chi connectivity index (χ4v) is 3.23. The molecule has 0 N–H and O–H groups in total. The van der Waals surface area contributed by atoms with E-state index in [4.69, 9.17) is 0 Å². The molecule has 1 aromatic heterocycles. The van der Waals surface area contributed by atoms with Gasteiger partial charge >= 0.3 is 0 Å². The lowest BCUT2D eigenvalue weighted by Crippen LogP contribution is -2.52. The van der Waals surface area contributed by atoms with Gasteiger partial charge in [0.2, 0.25) is 23.7 Å². The molecule has 0 spiro atoms. The van der Waals surface area contributed by atoms with Gasteiger partial charge in [-0.1, -0.05) is 0 Å². The minimum Gasteiger partial charge on any atom is -0.339 e. The number of rotatable bonds is 3. The molecule has 3 heterocycles. The highest BCUT2D eigenvalue weighted by atomic mass is 16.2. The molecule has 9 nitrogen and oxygen atoms in total. The van der Waals surface area contributed by atoms with Gasteiger partial charge < -0.3 is 19.6 Å². The summed E-state index contributed by atoms with van der Waals surface area (Å²) in [5, 5.41) is 0. The third-order valence-corrected chi connectivity index (χ3v) is 4.85. The van der Waals surface area contributed by atoms with Crippen LogP contribution in [0.2, 0.25) is 0 Å². The van der Waals surface area contributed by atoms with E-state index in [-0.39, 0.29) is 24.1 Å². The van der Waals surface area contributed by atoms with Crippen LogP contribution in [0.4, 0.5) is 5.95 Å². The van der Waals surface area contributed by atoms with E-state index in [1.165, 1.54) is 6.92 Å². The van der Waals surface area contributed by atoms with Crippen LogP contribution in [0.1, 0.15) is 13.3 Å². The number of hydrogen-bond donors (Lipinski definition) is 0. The second-order valence-corrected chi connectivity index (χ2v) is 6.48. The van der Waals surface area contributed by atoms with Gasteiger partial charge in [-0.2, -0.15) is 0 Å². The summed E-state index contributed by atoms with van der Waals surface area (Å²) in [5.41, 5.74) is 0. The maximum absolute atomic E-state index is 12.4. The maximum Gasteiger partial charge on any atom is 0.232 e. The van der Waals surface area contributed by atoms with Gasteiger partial charge in [-0.3, -0.25) is 14.4 Å². The summed E-state index contributed by atoms with van der Waals surface area (Å²) >= 11 is 0. The second-order valence-electron chi connectivity index (χ2n) is 6.48. The Morgan fingerprint density at radius 1 is 0.808 bits per heavy atom. The molecule has 1 aromatic rings. The highest BCUT2D eigenvalue weighted by Gasteiger charge is 2.27. The zero-order chi connectivity index (χ0) is 18.5.